The Morgan fingerprint density at radius 2 is 1.90 bits per heavy atom. The average molecular weight is 553 g/mol. The summed E-state index contributed by atoms with van der Waals surface area (Å²) in [6.07, 6.45) is -0.504. The van der Waals surface area contributed by atoms with Crippen LogP contribution in [0.3, 0.4) is 0 Å². The summed E-state index contributed by atoms with van der Waals surface area (Å²) >= 11 is 0. The summed E-state index contributed by atoms with van der Waals surface area (Å²) in [5.41, 5.74) is 8.37. The monoisotopic (exact) mass is 552 g/mol. The van der Waals surface area contributed by atoms with E-state index in [0.717, 1.165) is 41.8 Å². The molecule has 9 nitrogen and oxygen atoms in total. The average Bonchev–Trinajstić information content (AvgIpc) is 3.73. The van der Waals surface area contributed by atoms with Crippen LogP contribution in [0, 0.1) is 0 Å². The third kappa shape index (κ3) is 4.37. The van der Waals surface area contributed by atoms with E-state index >= 15 is 0 Å². The third-order valence-corrected chi connectivity index (χ3v) is 7.88. The summed E-state index contributed by atoms with van der Waals surface area (Å²) < 4.78 is 41.1. The molecule has 0 radical (unpaired) electrons. The molecular weight excluding hydrogens is 525 g/mol. The van der Waals surface area contributed by atoms with E-state index in [1.165, 1.54) is 11.0 Å². The van der Waals surface area contributed by atoms with Crippen molar-refractivity contribution < 1.29 is 27.9 Å². The molecule has 3 aliphatic rings. The SMILES string of the molecule is C=CC(=O)N1CCc2nn(-c3ccc(C4CC4)cc3O)c3c2[C@H](C1)N(C(=O)c1ccc(C(F)(F)F)nc1N)CC3. The van der Waals surface area contributed by atoms with Crippen LogP contribution in [0.4, 0.5) is 19.0 Å². The van der Waals surface area contributed by atoms with E-state index < -0.39 is 29.6 Å². The predicted octanol–water partition coefficient (Wildman–Crippen LogP) is 3.76. The number of phenolic OH excluding ortho intramolecular Hbond substituents is 1. The van der Waals surface area contributed by atoms with Gasteiger partial charge >= 0.3 is 6.18 Å². The topological polar surface area (TPSA) is 118 Å². The number of nitrogens with two attached hydrogens (primary N) is 1. The molecule has 12 heteroatoms. The van der Waals surface area contributed by atoms with Gasteiger partial charge in [-0.25, -0.2) is 9.67 Å². The normalized spacial score (nSPS) is 18.7. The Bertz CT molecular complexity index is 1540. The molecular formula is C28H27F3N6O3. The fourth-order valence-electron chi connectivity index (χ4n) is 5.72. The lowest BCUT2D eigenvalue weighted by Crippen LogP contribution is -2.46. The van der Waals surface area contributed by atoms with Crippen molar-refractivity contribution in [2.75, 3.05) is 25.4 Å². The van der Waals surface area contributed by atoms with E-state index in [1.54, 1.807) is 15.6 Å². The molecule has 2 aromatic heterocycles. The molecule has 6 rings (SSSR count). The largest absolute Gasteiger partial charge is 0.506 e. The van der Waals surface area contributed by atoms with Crippen molar-refractivity contribution >= 4 is 17.6 Å². The Balaban J connectivity index is 1.41. The molecule has 2 aliphatic heterocycles. The number of anilines is 1. The van der Waals surface area contributed by atoms with E-state index in [4.69, 9.17) is 10.8 Å². The second-order valence-corrected chi connectivity index (χ2v) is 10.4. The Labute approximate surface area is 227 Å². The van der Waals surface area contributed by atoms with E-state index in [9.17, 15) is 27.9 Å². The Morgan fingerprint density at radius 1 is 1.12 bits per heavy atom. The number of pyridine rings is 1. The highest BCUT2D eigenvalue weighted by Crippen LogP contribution is 2.43. The van der Waals surface area contributed by atoms with E-state index in [-0.39, 0.29) is 30.3 Å². The van der Waals surface area contributed by atoms with Gasteiger partial charge in [0.2, 0.25) is 5.91 Å². The van der Waals surface area contributed by atoms with Gasteiger partial charge in [0.05, 0.1) is 23.0 Å². The second-order valence-electron chi connectivity index (χ2n) is 10.4. The molecule has 3 aromatic rings. The molecule has 3 N–H and O–H groups in total. The maximum atomic E-state index is 13.7. The van der Waals surface area contributed by atoms with Gasteiger partial charge in [-0.1, -0.05) is 12.6 Å². The van der Waals surface area contributed by atoms with Crippen molar-refractivity contribution in [3.8, 4) is 11.4 Å². The minimum atomic E-state index is -4.70. The molecule has 40 heavy (non-hydrogen) atoms. The fourth-order valence-corrected chi connectivity index (χ4v) is 5.72. The van der Waals surface area contributed by atoms with Gasteiger partial charge in [0.1, 0.15) is 22.9 Å². The molecule has 0 saturated heterocycles. The minimum Gasteiger partial charge on any atom is -0.506 e. The van der Waals surface area contributed by atoms with E-state index in [0.29, 0.717) is 36.7 Å². The zero-order valence-electron chi connectivity index (χ0n) is 21.5. The van der Waals surface area contributed by atoms with Crippen LogP contribution in [0.1, 0.15) is 63.4 Å². The number of benzene rings is 1. The van der Waals surface area contributed by atoms with Crippen LogP contribution in [0.2, 0.25) is 0 Å². The molecule has 1 atom stereocenters. The van der Waals surface area contributed by atoms with Gasteiger partial charge in [-0.05, 0) is 54.7 Å². The van der Waals surface area contributed by atoms with E-state index in [1.807, 2.05) is 12.1 Å². The second kappa shape index (κ2) is 9.39. The van der Waals surface area contributed by atoms with Crippen LogP contribution < -0.4 is 5.73 Å². The number of carbonyl (C=O) groups excluding carboxylic acids is 2. The summed E-state index contributed by atoms with van der Waals surface area (Å²) in [5, 5.41) is 15.7. The van der Waals surface area contributed by atoms with Gasteiger partial charge in [-0.2, -0.15) is 18.3 Å². The van der Waals surface area contributed by atoms with Gasteiger partial charge in [0.25, 0.3) is 5.91 Å². The lowest BCUT2D eigenvalue weighted by Gasteiger charge is -2.38. The highest BCUT2D eigenvalue weighted by molar-refractivity contribution is 5.99. The van der Waals surface area contributed by atoms with Crippen molar-refractivity contribution in [3.63, 3.8) is 0 Å². The predicted molar refractivity (Wildman–Crippen MR) is 139 cm³/mol. The number of hydrogen-bond acceptors (Lipinski definition) is 6. The van der Waals surface area contributed by atoms with Crippen molar-refractivity contribution in [1.82, 2.24) is 24.6 Å². The Morgan fingerprint density at radius 3 is 2.55 bits per heavy atom. The van der Waals surface area contributed by atoms with Crippen LogP contribution in [0.25, 0.3) is 5.69 Å². The number of nitrogens with zero attached hydrogens (tertiary/aromatic N) is 5. The fraction of sp³-hybridized carbons (Fsp3) is 0.357. The molecule has 1 fully saturated rings. The van der Waals surface area contributed by atoms with Gasteiger partial charge in [-0.15, -0.1) is 0 Å². The first-order valence-corrected chi connectivity index (χ1v) is 13.1. The highest BCUT2D eigenvalue weighted by Gasteiger charge is 2.41. The number of alkyl halides is 3. The zero-order chi connectivity index (χ0) is 28.3. The van der Waals surface area contributed by atoms with Crippen LogP contribution in [-0.2, 0) is 23.8 Å². The molecule has 1 aliphatic carbocycles. The number of aromatic hydroxyl groups is 1. The van der Waals surface area contributed by atoms with Crippen LogP contribution >= 0.6 is 0 Å². The number of amides is 2. The number of halogens is 3. The first-order valence-electron chi connectivity index (χ1n) is 13.1. The van der Waals surface area contributed by atoms with E-state index in [2.05, 4.69) is 11.6 Å². The molecule has 2 amide bonds. The number of phenols is 1. The highest BCUT2D eigenvalue weighted by atomic mass is 19.4. The summed E-state index contributed by atoms with van der Waals surface area (Å²) in [5.74, 6) is -0.827. The first-order chi connectivity index (χ1) is 19.1. The lowest BCUT2D eigenvalue weighted by atomic mass is 9.94. The molecule has 0 spiro atoms. The maximum absolute atomic E-state index is 13.7. The molecule has 1 aromatic carbocycles. The molecule has 208 valence electrons. The molecule has 0 unspecified atom stereocenters. The van der Waals surface area contributed by atoms with Gasteiger partial charge in [-0.3, -0.25) is 9.59 Å². The summed E-state index contributed by atoms with van der Waals surface area (Å²) in [7, 11) is 0. The lowest BCUT2D eigenvalue weighted by molar-refractivity contribution is -0.141. The quantitative estimate of drug-likeness (QED) is 0.476. The third-order valence-electron chi connectivity index (χ3n) is 7.88. The minimum absolute atomic E-state index is 0.112. The number of rotatable bonds is 4. The molecule has 4 heterocycles. The first kappa shape index (κ1) is 25.9. The molecule has 0 bridgehead atoms. The summed E-state index contributed by atoms with van der Waals surface area (Å²) in [6, 6.07) is 6.75. The van der Waals surface area contributed by atoms with Crippen LogP contribution in [0.5, 0.6) is 5.75 Å². The number of aromatic nitrogens is 3. The summed E-state index contributed by atoms with van der Waals surface area (Å²) in [6.45, 7) is 4.25. The summed E-state index contributed by atoms with van der Waals surface area (Å²) in [4.78, 5) is 32.9. The van der Waals surface area contributed by atoms with Crippen molar-refractivity contribution in [2.45, 2.75) is 43.8 Å². The van der Waals surface area contributed by atoms with Crippen LogP contribution in [-0.4, -0.2) is 61.1 Å². The molecule has 1 saturated carbocycles. The Hall–Kier alpha value is -4.35. The van der Waals surface area contributed by atoms with Gasteiger partial charge < -0.3 is 20.6 Å². The van der Waals surface area contributed by atoms with Crippen molar-refractivity contribution in [3.05, 3.63) is 76.8 Å². The number of carbonyl (C=O) groups is 2. The van der Waals surface area contributed by atoms with Crippen LogP contribution in [0.15, 0.2) is 43.0 Å². The zero-order valence-corrected chi connectivity index (χ0v) is 21.5. The smallest absolute Gasteiger partial charge is 0.433 e. The van der Waals surface area contributed by atoms with Gasteiger partial charge in [0, 0.05) is 38.0 Å². The number of nitrogen functional groups attached to an aromatic ring is 1. The number of hydrogen-bond donors (Lipinski definition) is 2. The Kier molecular flexibility index (Phi) is 6.08. The van der Waals surface area contributed by atoms with Crippen molar-refractivity contribution in [1.29, 1.82) is 0 Å². The van der Waals surface area contributed by atoms with Gasteiger partial charge in [0.15, 0.2) is 0 Å². The van der Waals surface area contributed by atoms with Crippen molar-refractivity contribution in [2.24, 2.45) is 0 Å². The maximum Gasteiger partial charge on any atom is 0.433 e. The standard InChI is InChI=1S/C28H27F3N6O3/c1-2-24(39)35-11-9-18-25-20(37(34-18)19-7-5-16(13-22(19)38)15-3-4-15)10-12-36(21(25)14-35)27(40)17-6-8-23(28(29,30)31)33-26(17)32/h2,5-8,13,15,21,38H,1,3-4,9-12,14H2,(H2,32,33)/t21-/m0/s1.